The van der Waals surface area contributed by atoms with E-state index in [1.807, 2.05) is 6.92 Å². The third-order valence-electron chi connectivity index (χ3n) is 3.47. The van der Waals surface area contributed by atoms with Gasteiger partial charge in [-0.2, -0.15) is 4.72 Å². The summed E-state index contributed by atoms with van der Waals surface area (Å²) in [4.78, 5) is 15.5. The van der Waals surface area contributed by atoms with Crippen molar-refractivity contribution in [3.63, 3.8) is 0 Å². The van der Waals surface area contributed by atoms with Crippen molar-refractivity contribution >= 4 is 16.0 Å². The molecule has 0 amide bonds. The predicted molar refractivity (Wildman–Crippen MR) is 91.8 cm³/mol. The molecular weight excluding hydrogens is 348 g/mol. The topological polar surface area (TPSA) is 115 Å². The Hall–Kier alpha value is -1.71. The predicted octanol–water partition coefficient (Wildman–Crippen LogP) is 1.16. The molecule has 0 unspecified atom stereocenters. The number of carbonyl (C=O) groups excluding carboxylic acids is 1. The van der Waals surface area contributed by atoms with Gasteiger partial charge in [0.05, 0.1) is 13.2 Å². The molecule has 2 atom stereocenters. The summed E-state index contributed by atoms with van der Waals surface area (Å²) in [6.07, 6.45) is 1.79. The van der Waals surface area contributed by atoms with Gasteiger partial charge in [0.25, 0.3) is 0 Å². The lowest BCUT2D eigenvalue weighted by Crippen LogP contribution is -2.39. The zero-order valence-electron chi connectivity index (χ0n) is 15.0. The molecule has 1 aromatic rings. The number of aliphatic hydroxyl groups is 1. The van der Waals surface area contributed by atoms with E-state index in [0.29, 0.717) is 18.5 Å². The van der Waals surface area contributed by atoms with E-state index in [1.165, 1.54) is 20.1 Å². The second kappa shape index (κ2) is 9.69. The van der Waals surface area contributed by atoms with Crippen LogP contribution in [0.5, 0.6) is 5.88 Å². The summed E-state index contributed by atoms with van der Waals surface area (Å²) in [7, 11) is -2.83. The fourth-order valence-corrected chi connectivity index (χ4v) is 3.38. The third kappa shape index (κ3) is 6.60. The summed E-state index contributed by atoms with van der Waals surface area (Å²) < 4.78 is 37.6. The molecule has 0 aliphatic heterocycles. The van der Waals surface area contributed by atoms with Crippen LogP contribution in [-0.4, -0.2) is 50.3 Å². The number of hydrogen-bond donors (Lipinski definition) is 2. The molecule has 0 radical (unpaired) electrons. The summed E-state index contributed by atoms with van der Waals surface area (Å²) in [6, 6.07) is 1.91. The van der Waals surface area contributed by atoms with E-state index in [1.54, 1.807) is 13.0 Å². The van der Waals surface area contributed by atoms with E-state index in [0.717, 1.165) is 6.42 Å². The molecule has 1 rings (SSSR count). The quantitative estimate of drug-likeness (QED) is 0.466. The number of methoxy groups -OCH3 is 1. The minimum absolute atomic E-state index is 0.0129. The van der Waals surface area contributed by atoms with E-state index in [2.05, 4.69) is 14.4 Å². The van der Waals surface area contributed by atoms with Crippen molar-refractivity contribution in [3.8, 4) is 5.88 Å². The van der Waals surface area contributed by atoms with Crippen LogP contribution in [0.15, 0.2) is 17.0 Å². The maximum absolute atomic E-state index is 12.6. The highest BCUT2D eigenvalue weighted by molar-refractivity contribution is 7.89. The van der Waals surface area contributed by atoms with Crippen molar-refractivity contribution in [1.29, 1.82) is 0 Å². The number of aryl methyl sites for hydroxylation is 1. The van der Waals surface area contributed by atoms with Crippen LogP contribution >= 0.6 is 0 Å². The number of carbonyl (C=O) groups is 1. The fraction of sp³-hybridized carbons (Fsp3) is 0.625. The lowest BCUT2D eigenvalue weighted by Gasteiger charge is -2.18. The molecule has 8 nitrogen and oxygen atoms in total. The Kier molecular flexibility index (Phi) is 8.27. The minimum Gasteiger partial charge on any atom is -0.474 e. The monoisotopic (exact) mass is 374 g/mol. The number of aromatic nitrogens is 1. The van der Waals surface area contributed by atoms with Gasteiger partial charge in [-0.15, -0.1) is 0 Å². The second-order valence-electron chi connectivity index (χ2n) is 5.77. The number of unbranched alkanes of at least 4 members (excludes halogenated alkanes) is 1. The number of nitrogens with zero attached hydrogens (tertiary/aromatic N) is 1. The van der Waals surface area contributed by atoms with Gasteiger partial charge < -0.3 is 14.6 Å². The Morgan fingerprint density at radius 1 is 1.32 bits per heavy atom. The van der Waals surface area contributed by atoms with Crippen molar-refractivity contribution in [3.05, 3.63) is 17.8 Å². The standard InChI is InChI=1S/C16H26N2O6S/c1-11-8-9-14(25(21,22)18-13(3)16(20)23-4)15(17-11)24-12(2)7-5-6-10-19/h8-9,12-13,18-19H,5-7,10H2,1-4H3/t12-,13+/m1/s1. The summed E-state index contributed by atoms with van der Waals surface area (Å²) >= 11 is 0. The summed E-state index contributed by atoms with van der Waals surface area (Å²) in [5, 5.41) is 8.83. The number of aliphatic hydroxyl groups excluding tert-OH is 1. The second-order valence-corrected chi connectivity index (χ2v) is 7.45. The van der Waals surface area contributed by atoms with Crippen LogP contribution in [0.25, 0.3) is 0 Å². The molecule has 142 valence electrons. The van der Waals surface area contributed by atoms with Gasteiger partial charge in [-0.05, 0) is 52.2 Å². The van der Waals surface area contributed by atoms with Crippen molar-refractivity contribution in [2.45, 2.75) is 57.1 Å². The molecule has 0 saturated heterocycles. The Morgan fingerprint density at radius 3 is 2.60 bits per heavy atom. The number of ether oxygens (including phenoxy) is 2. The number of hydrogen-bond acceptors (Lipinski definition) is 7. The van der Waals surface area contributed by atoms with Crippen molar-refractivity contribution < 1.29 is 27.8 Å². The lowest BCUT2D eigenvalue weighted by molar-refractivity contribution is -0.142. The fourth-order valence-electron chi connectivity index (χ4n) is 2.12. The van der Waals surface area contributed by atoms with Gasteiger partial charge in [0, 0.05) is 12.3 Å². The first-order valence-corrected chi connectivity index (χ1v) is 9.55. The first kappa shape index (κ1) is 21.3. The summed E-state index contributed by atoms with van der Waals surface area (Å²) in [5.74, 6) is -0.704. The van der Waals surface area contributed by atoms with Gasteiger partial charge in [0.15, 0.2) is 0 Å². The minimum atomic E-state index is -4.01. The molecule has 1 aromatic heterocycles. The molecule has 0 bridgehead atoms. The van der Waals surface area contributed by atoms with Crippen molar-refractivity contribution in [1.82, 2.24) is 9.71 Å². The zero-order valence-corrected chi connectivity index (χ0v) is 15.8. The number of pyridine rings is 1. The molecule has 1 heterocycles. The van der Waals surface area contributed by atoms with Gasteiger partial charge in [-0.1, -0.05) is 0 Å². The molecular formula is C16H26N2O6S. The molecule has 0 fully saturated rings. The van der Waals surface area contributed by atoms with Gasteiger partial charge in [0.1, 0.15) is 10.9 Å². The lowest BCUT2D eigenvalue weighted by atomic mass is 10.2. The highest BCUT2D eigenvalue weighted by Crippen LogP contribution is 2.24. The normalized spacial score (nSPS) is 14.0. The zero-order chi connectivity index (χ0) is 19.0. The van der Waals surface area contributed by atoms with E-state index < -0.39 is 22.0 Å². The van der Waals surface area contributed by atoms with Crippen molar-refractivity contribution in [2.75, 3.05) is 13.7 Å². The van der Waals surface area contributed by atoms with Crippen LogP contribution in [0, 0.1) is 6.92 Å². The van der Waals surface area contributed by atoms with E-state index in [4.69, 9.17) is 9.84 Å². The van der Waals surface area contributed by atoms with Crippen LogP contribution in [-0.2, 0) is 19.6 Å². The van der Waals surface area contributed by atoms with Gasteiger partial charge in [-0.3, -0.25) is 4.79 Å². The third-order valence-corrected chi connectivity index (χ3v) is 5.03. The first-order chi connectivity index (χ1) is 11.7. The molecule has 0 spiro atoms. The molecule has 0 aliphatic rings. The largest absolute Gasteiger partial charge is 0.474 e. The van der Waals surface area contributed by atoms with Gasteiger partial charge in [0.2, 0.25) is 15.9 Å². The number of rotatable bonds is 10. The smallest absolute Gasteiger partial charge is 0.323 e. The highest BCUT2D eigenvalue weighted by atomic mass is 32.2. The Labute approximate surface area is 148 Å². The molecule has 9 heteroatoms. The van der Waals surface area contributed by atoms with Gasteiger partial charge >= 0.3 is 5.97 Å². The molecule has 0 aliphatic carbocycles. The maximum Gasteiger partial charge on any atom is 0.323 e. The highest BCUT2D eigenvalue weighted by Gasteiger charge is 2.27. The van der Waals surface area contributed by atoms with Crippen LogP contribution in [0.2, 0.25) is 0 Å². The van der Waals surface area contributed by atoms with Crippen LogP contribution in [0.4, 0.5) is 0 Å². The number of nitrogens with one attached hydrogen (secondary N) is 1. The average molecular weight is 374 g/mol. The molecule has 0 saturated carbocycles. The molecule has 2 N–H and O–H groups in total. The van der Waals surface area contributed by atoms with E-state index >= 15 is 0 Å². The van der Waals surface area contributed by atoms with Crippen molar-refractivity contribution in [2.24, 2.45) is 0 Å². The van der Waals surface area contributed by atoms with E-state index in [9.17, 15) is 13.2 Å². The Morgan fingerprint density at radius 2 is 2.00 bits per heavy atom. The maximum atomic E-state index is 12.6. The molecule has 25 heavy (non-hydrogen) atoms. The summed E-state index contributed by atoms with van der Waals surface area (Å²) in [5.41, 5.74) is 0.609. The molecule has 0 aromatic carbocycles. The summed E-state index contributed by atoms with van der Waals surface area (Å²) in [6.45, 7) is 5.03. The van der Waals surface area contributed by atoms with E-state index in [-0.39, 0.29) is 23.5 Å². The van der Waals surface area contributed by atoms with Crippen LogP contribution in [0.1, 0.15) is 38.8 Å². The SMILES string of the molecule is COC(=O)[C@H](C)NS(=O)(=O)c1ccc(C)nc1O[C@H](C)CCCCO. The van der Waals surface area contributed by atoms with Crippen LogP contribution < -0.4 is 9.46 Å². The number of esters is 1. The van der Waals surface area contributed by atoms with Crippen LogP contribution in [0.3, 0.4) is 0 Å². The van der Waals surface area contributed by atoms with Gasteiger partial charge in [-0.25, -0.2) is 13.4 Å². The Balaban J connectivity index is 3.00. The number of sulfonamides is 1. The Bertz CT molecular complexity index is 677. The average Bonchev–Trinajstić information content (AvgIpc) is 2.53. The first-order valence-electron chi connectivity index (χ1n) is 8.06.